The quantitative estimate of drug-likeness (QED) is 0.871. The van der Waals surface area contributed by atoms with E-state index in [1.54, 1.807) is 11.0 Å². The third kappa shape index (κ3) is 2.83. The molecule has 2 amide bonds. The van der Waals surface area contributed by atoms with Gasteiger partial charge >= 0.3 is 0 Å². The summed E-state index contributed by atoms with van der Waals surface area (Å²) in [6.07, 6.45) is 2.68. The highest BCUT2D eigenvalue weighted by molar-refractivity contribution is 5.98. The van der Waals surface area contributed by atoms with Crippen LogP contribution in [-0.2, 0) is 11.2 Å². The van der Waals surface area contributed by atoms with E-state index < -0.39 is 5.82 Å². The molecule has 1 saturated heterocycles. The van der Waals surface area contributed by atoms with E-state index in [4.69, 9.17) is 0 Å². The predicted octanol–water partition coefficient (Wildman–Crippen LogP) is 1.53. The summed E-state index contributed by atoms with van der Waals surface area (Å²) >= 11 is 0. The lowest BCUT2D eigenvalue weighted by atomic mass is 9.98. The number of benzene rings is 1. The van der Waals surface area contributed by atoms with E-state index in [9.17, 15) is 14.0 Å². The van der Waals surface area contributed by atoms with Crippen LogP contribution in [-0.4, -0.2) is 42.9 Å². The highest BCUT2D eigenvalue weighted by Crippen LogP contribution is 2.27. The van der Waals surface area contributed by atoms with E-state index in [1.165, 1.54) is 6.07 Å². The van der Waals surface area contributed by atoms with Crippen LogP contribution in [0.4, 0.5) is 10.1 Å². The molecule has 2 aliphatic heterocycles. The molecule has 0 aliphatic carbocycles. The van der Waals surface area contributed by atoms with Gasteiger partial charge in [0.05, 0.1) is 5.56 Å². The van der Waals surface area contributed by atoms with E-state index in [0.29, 0.717) is 37.7 Å². The van der Waals surface area contributed by atoms with Gasteiger partial charge in [0.25, 0.3) is 5.91 Å². The fourth-order valence-corrected chi connectivity index (χ4v) is 3.11. The average molecular weight is 305 g/mol. The van der Waals surface area contributed by atoms with E-state index in [1.807, 2.05) is 7.05 Å². The topological polar surface area (TPSA) is 61.4 Å². The van der Waals surface area contributed by atoms with Gasteiger partial charge in [-0.25, -0.2) is 4.39 Å². The molecule has 22 heavy (non-hydrogen) atoms. The Morgan fingerprint density at radius 2 is 2.05 bits per heavy atom. The maximum Gasteiger partial charge on any atom is 0.256 e. The number of carbonyl (C=O) groups is 2. The van der Waals surface area contributed by atoms with Crippen molar-refractivity contribution in [2.24, 2.45) is 0 Å². The third-order valence-electron chi connectivity index (χ3n) is 4.51. The summed E-state index contributed by atoms with van der Waals surface area (Å²) < 4.78 is 14.2. The van der Waals surface area contributed by atoms with Gasteiger partial charge in [-0.1, -0.05) is 0 Å². The number of hydrogen-bond donors (Lipinski definition) is 2. The van der Waals surface area contributed by atoms with Crippen molar-refractivity contribution in [1.82, 2.24) is 10.2 Å². The van der Waals surface area contributed by atoms with Gasteiger partial charge in [0.2, 0.25) is 5.91 Å². The van der Waals surface area contributed by atoms with Gasteiger partial charge in [0, 0.05) is 31.2 Å². The zero-order chi connectivity index (χ0) is 15.7. The van der Waals surface area contributed by atoms with Crippen LogP contribution in [0.3, 0.4) is 0 Å². The smallest absolute Gasteiger partial charge is 0.256 e. The summed E-state index contributed by atoms with van der Waals surface area (Å²) in [4.78, 5) is 25.6. The molecule has 118 valence electrons. The van der Waals surface area contributed by atoms with Gasteiger partial charge in [-0.2, -0.15) is 0 Å². The first-order valence-corrected chi connectivity index (χ1v) is 7.67. The van der Waals surface area contributed by atoms with Gasteiger partial charge in [-0.3, -0.25) is 9.59 Å². The van der Waals surface area contributed by atoms with Crippen molar-refractivity contribution in [1.29, 1.82) is 0 Å². The Labute approximate surface area is 128 Å². The number of anilines is 1. The maximum atomic E-state index is 14.2. The molecule has 0 radical (unpaired) electrons. The molecule has 5 nitrogen and oxygen atoms in total. The molecule has 0 bridgehead atoms. The zero-order valence-corrected chi connectivity index (χ0v) is 12.6. The van der Waals surface area contributed by atoms with Crippen LogP contribution in [0.5, 0.6) is 0 Å². The van der Waals surface area contributed by atoms with Crippen molar-refractivity contribution in [2.45, 2.75) is 31.7 Å². The zero-order valence-electron chi connectivity index (χ0n) is 12.6. The number of rotatable bonds is 2. The Morgan fingerprint density at radius 3 is 2.73 bits per heavy atom. The van der Waals surface area contributed by atoms with Gasteiger partial charge in [0.15, 0.2) is 0 Å². The fraction of sp³-hybridized carbons (Fsp3) is 0.500. The van der Waals surface area contributed by atoms with Gasteiger partial charge in [0.1, 0.15) is 5.82 Å². The minimum Gasteiger partial charge on any atom is -0.338 e. The lowest BCUT2D eigenvalue weighted by molar-refractivity contribution is -0.116. The Morgan fingerprint density at radius 1 is 1.32 bits per heavy atom. The first-order chi connectivity index (χ1) is 10.6. The third-order valence-corrected chi connectivity index (χ3v) is 4.51. The fourth-order valence-electron chi connectivity index (χ4n) is 3.11. The van der Waals surface area contributed by atoms with E-state index in [-0.39, 0.29) is 17.4 Å². The number of hydrogen-bond acceptors (Lipinski definition) is 3. The first kappa shape index (κ1) is 15.0. The number of aryl methyl sites for hydroxylation is 1. The van der Waals surface area contributed by atoms with Crippen molar-refractivity contribution in [3.63, 3.8) is 0 Å². The van der Waals surface area contributed by atoms with Crippen molar-refractivity contribution >= 4 is 17.5 Å². The number of fused-ring (bicyclic) bond motifs is 1. The minimum atomic E-state index is -0.568. The average Bonchev–Trinajstić information content (AvgIpc) is 2.53. The number of nitrogens with zero attached hydrogens (tertiary/aromatic N) is 1. The second-order valence-electron chi connectivity index (χ2n) is 5.89. The number of piperidine rings is 1. The SMILES string of the molecule is CNC1CCN(C(=O)c2cc3c(cc2F)NC(=O)CC3)CC1. The Kier molecular flexibility index (Phi) is 4.11. The summed E-state index contributed by atoms with van der Waals surface area (Å²) in [5.74, 6) is -0.937. The highest BCUT2D eigenvalue weighted by atomic mass is 19.1. The monoisotopic (exact) mass is 305 g/mol. The number of nitrogens with one attached hydrogen (secondary N) is 2. The molecule has 0 aromatic heterocycles. The first-order valence-electron chi connectivity index (χ1n) is 7.67. The van der Waals surface area contributed by atoms with E-state index >= 15 is 0 Å². The largest absolute Gasteiger partial charge is 0.338 e. The normalized spacial score (nSPS) is 18.8. The molecule has 1 fully saturated rings. The molecule has 6 heteroatoms. The summed E-state index contributed by atoms with van der Waals surface area (Å²) in [6, 6.07) is 3.28. The van der Waals surface area contributed by atoms with Crippen LogP contribution < -0.4 is 10.6 Å². The van der Waals surface area contributed by atoms with Crippen LogP contribution in [0, 0.1) is 5.82 Å². The Balaban J connectivity index is 1.80. The summed E-state index contributed by atoms with van der Waals surface area (Å²) in [7, 11) is 1.92. The Bertz CT molecular complexity index is 610. The lowest BCUT2D eigenvalue weighted by Gasteiger charge is -2.32. The van der Waals surface area contributed by atoms with Crippen molar-refractivity contribution in [3.05, 3.63) is 29.1 Å². The Hall–Kier alpha value is -1.95. The molecule has 2 aliphatic rings. The molecule has 2 N–H and O–H groups in total. The molecular formula is C16H20FN3O2. The van der Waals surface area contributed by atoms with Crippen LogP contribution in [0.15, 0.2) is 12.1 Å². The highest BCUT2D eigenvalue weighted by Gasteiger charge is 2.26. The van der Waals surface area contributed by atoms with Crippen LogP contribution >= 0.6 is 0 Å². The van der Waals surface area contributed by atoms with Crippen LogP contribution in [0.1, 0.15) is 35.2 Å². The molecule has 0 atom stereocenters. The number of carbonyl (C=O) groups excluding carboxylic acids is 2. The van der Waals surface area contributed by atoms with Gasteiger partial charge < -0.3 is 15.5 Å². The van der Waals surface area contributed by atoms with Gasteiger partial charge in [-0.15, -0.1) is 0 Å². The van der Waals surface area contributed by atoms with E-state index in [0.717, 1.165) is 18.4 Å². The molecule has 3 rings (SSSR count). The lowest BCUT2D eigenvalue weighted by Crippen LogP contribution is -2.44. The molecule has 0 spiro atoms. The molecule has 2 heterocycles. The molecule has 1 aromatic rings. The number of halogens is 1. The standard InChI is InChI=1S/C16H20FN3O2/c1-18-11-4-6-20(7-5-11)16(22)12-8-10-2-3-15(21)19-14(10)9-13(12)17/h8-9,11,18H,2-7H2,1H3,(H,19,21). The van der Waals surface area contributed by atoms with Crippen molar-refractivity contribution < 1.29 is 14.0 Å². The number of likely N-dealkylation sites (tertiary alicyclic amines) is 1. The summed E-state index contributed by atoms with van der Waals surface area (Å²) in [5.41, 5.74) is 1.42. The van der Waals surface area contributed by atoms with Crippen LogP contribution in [0.2, 0.25) is 0 Å². The molecule has 0 unspecified atom stereocenters. The summed E-state index contributed by atoms with van der Waals surface area (Å²) in [6.45, 7) is 1.27. The molecule has 1 aromatic carbocycles. The molecular weight excluding hydrogens is 285 g/mol. The second kappa shape index (κ2) is 6.04. The van der Waals surface area contributed by atoms with Gasteiger partial charge in [-0.05, 0) is 44.0 Å². The summed E-state index contributed by atoms with van der Waals surface area (Å²) in [5, 5.41) is 5.86. The van der Waals surface area contributed by atoms with Crippen molar-refractivity contribution in [2.75, 3.05) is 25.5 Å². The van der Waals surface area contributed by atoms with Crippen LogP contribution in [0.25, 0.3) is 0 Å². The van der Waals surface area contributed by atoms with Crippen molar-refractivity contribution in [3.8, 4) is 0 Å². The second-order valence-corrected chi connectivity index (χ2v) is 5.89. The predicted molar refractivity (Wildman–Crippen MR) is 81.3 cm³/mol. The van der Waals surface area contributed by atoms with E-state index in [2.05, 4.69) is 10.6 Å². The maximum absolute atomic E-state index is 14.2. The molecule has 0 saturated carbocycles. The minimum absolute atomic E-state index is 0.109. The number of amides is 2.